The second-order valence-corrected chi connectivity index (χ2v) is 2.38. The van der Waals surface area contributed by atoms with Crippen LogP contribution in [0.5, 0.6) is 6.01 Å². The Morgan fingerprint density at radius 3 is 3.08 bits per heavy atom. The summed E-state index contributed by atoms with van der Waals surface area (Å²) >= 11 is 5.53. The number of nitrogens with zero attached hydrogens (tertiary/aromatic N) is 2. The summed E-state index contributed by atoms with van der Waals surface area (Å²) in [6.07, 6.45) is 1.71. The molecule has 0 unspecified atom stereocenters. The third kappa shape index (κ3) is 2.47. The van der Waals surface area contributed by atoms with E-state index < -0.39 is 0 Å². The van der Waals surface area contributed by atoms with E-state index in [-0.39, 0.29) is 23.6 Å². The fourth-order valence-corrected chi connectivity index (χ4v) is 0.672. The van der Waals surface area contributed by atoms with Gasteiger partial charge in [-0.3, -0.25) is 4.79 Å². The molecule has 0 saturated heterocycles. The summed E-state index contributed by atoms with van der Waals surface area (Å²) in [5.41, 5.74) is 0. The minimum atomic E-state index is -0.378. The molecule has 5 heteroatoms. The van der Waals surface area contributed by atoms with Gasteiger partial charge in [-0.2, -0.15) is 4.98 Å². The number of halogens is 1. The van der Waals surface area contributed by atoms with Gasteiger partial charge < -0.3 is 4.74 Å². The van der Waals surface area contributed by atoms with Crippen LogP contribution >= 0.6 is 11.6 Å². The van der Waals surface area contributed by atoms with Gasteiger partial charge in [0.2, 0.25) is 0 Å². The molecule has 0 aliphatic carbocycles. The second-order valence-electron chi connectivity index (χ2n) is 1.99. The summed E-state index contributed by atoms with van der Waals surface area (Å²) in [5.74, 6) is -0.378. The normalized spacial score (nSPS) is 9.50. The molecule has 0 fully saturated rings. The van der Waals surface area contributed by atoms with Gasteiger partial charge in [0.15, 0.2) is 0 Å². The summed E-state index contributed by atoms with van der Waals surface area (Å²) < 4.78 is 4.70. The third-order valence-electron chi connectivity index (χ3n) is 1.09. The van der Waals surface area contributed by atoms with E-state index in [1.54, 1.807) is 6.92 Å². The molecule has 0 saturated carbocycles. The Kier molecular flexibility index (Phi) is 2.99. The number of carbonyl (C=O) groups is 1. The van der Waals surface area contributed by atoms with Crippen molar-refractivity contribution in [2.45, 2.75) is 13.3 Å². The van der Waals surface area contributed by atoms with Crippen LogP contribution in [0.1, 0.15) is 13.3 Å². The van der Waals surface area contributed by atoms with E-state index in [1.807, 2.05) is 0 Å². The summed E-state index contributed by atoms with van der Waals surface area (Å²) in [7, 11) is 0. The maximum atomic E-state index is 10.7. The van der Waals surface area contributed by atoms with Crippen molar-refractivity contribution in [3.05, 3.63) is 17.4 Å². The first-order valence-electron chi connectivity index (χ1n) is 3.41. The number of esters is 1. The number of rotatable bonds is 2. The van der Waals surface area contributed by atoms with Gasteiger partial charge >= 0.3 is 12.0 Å². The van der Waals surface area contributed by atoms with Gasteiger partial charge in [0.05, 0.1) is 0 Å². The fraction of sp³-hybridized carbons (Fsp3) is 0.286. The third-order valence-corrected chi connectivity index (χ3v) is 1.30. The topological polar surface area (TPSA) is 52.1 Å². The molecule has 0 aliphatic rings. The predicted molar refractivity (Wildman–Crippen MR) is 43.0 cm³/mol. The highest BCUT2D eigenvalue weighted by Crippen LogP contribution is 2.07. The lowest BCUT2D eigenvalue weighted by Gasteiger charge is -1.98. The number of aromatic nitrogens is 2. The summed E-state index contributed by atoms with van der Waals surface area (Å²) in [6, 6.07) is 1.50. The Morgan fingerprint density at radius 1 is 1.75 bits per heavy atom. The monoisotopic (exact) mass is 186 g/mol. The van der Waals surface area contributed by atoms with E-state index in [1.165, 1.54) is 12.3 Å². The lowest BCUT2D eigenvalue weighted by Crippen LogP contribution is -2.07. The van der Waals surface area contributed by atoms with Crippen molar-refractivity contribution in [2.24, 2.45) is 0 Å². The summed E-state index contributed by atoms with van der Waals surface area (Å²) in [5, 5.41) is 0.254. The summed E-state index contributed by atoms with van der Waals surface area (Å²) in [6.45, 7) is 1.69. The maximum Gasteiger partial charge on any atom is 0.325 e. The number of carbonyl (C=O) groups excluding carboxylic acids is 1. The molecule has 0 atom stereocenters. The van der Waals surface area contributed by atoms with Crippen LogP contribution < -0.4 is 4.74 Å². The SMILES string of the molecule is CCC(=O)Oc1nccc(Cl)n1. The highest BCUT2D eigenvalue weighted by molar-refractivity contribution is 6.29. The highest BCUT2D eigenvalue weighted by atomic mass is 35.5. The molecule has 0 spiro atoms. The molecule has 0 bridgehead atoms. The van der Waals surface area contributed by atoms with E-state index in [0.29, 0.717) is 0 Å². The van der Waals surface area contributed by atoms with Gasteiger partial charge in [-0.1, -0.05) is 18.5 Å². The van der Waals surface area contributed by atoms with Crippen LogP contribution in [0.3, 0.4) is 0 Å². The van der Waals surface area contributed by atoms with E-state index in [0.717, 1.165) is 0 Å². The molecule has 0 aliphatic heterocycles. The molecule has 64 valence electrons. The highest BCUT2D eigenvalue weighted by Gasteiger charge is 2.03. The predicted octanol–water partition coefficient (Wildman–Crippen LogP) is 1.45. The number of hydrogen-bond donors (Lipinski definition) is 0. The van der Waals surface area contributed by atoms with Crippen molar-refractivity contribution in [3.63, 3.8) is 0 Å². The largest absolute Gasteiger partial charge is 0.391 e. The van der Waals surface area contributed by atoms with Crippen LogP contribution in [0, 0.1) is 0 Å². The first kappa shape index (κ1) is 8.93. The van der Waals surface area contributed by atoms with Crippen LogP contribution in [0.4, 0.5) is 0 Å². The van der Waals surface area contributed by atoms with Crippen molar-refractivity contribution in [3.8, 4) is 6.01 Å². The van der Waals surface area contributed by atoms with Crippen molar-refractivity contribution >= 4 is 17.6 Å². The van der Waals surface area contributed by atoms with Crippen molar-refractivity contribution in [1.29, 1.82) is 0 Å². The molecule has 0 radical (unpaired) electrons. The standard InChI is InChI=1S/C7H7ClN2O2/c1-2-6(11)12-7-9-4-3-5(8)10-7/h3-4H,2H2,1H3. The van der Waals surface area contributed by atoms with Gasteiger partial charge in [0.25, 0.3) is 0 Å². The molecular formula is C7H7ClN2O2. The Hall–Kier alpha value is -1.16. The van der Waals surface area contributed by atoms with E-state index in [9.17, 15) is 4.79 Å². The second kappa shape index (κ2) is 4.01. The average molecular weight is 187 g/mol. The van der Waals surface area contributed by atoms with Gasteiger partial charge in [0.1, 0.15) is 5.15 Å². The zero-order valence-electron chi connectivity index (χ0n) is 6.45. The van der Waals surface area contributed by atoms with Crippen LogP contribution in [-0.2, 0) is 4.79 Å². The van der Waals surface area contributed by atoms with Crippen molar-refractivity contribution < 1.29 is 9.53 Å². The quantitative estimate of drug-likeness (QED) is 0.518. The Balaban J connectivity index is 2.69. The molecule has 1 aromatic rings. The first-order valence-corrected chi connectivity index (χ1v) is 3.79. The van der Waals surface area contributed by atoms with E-state index >= 15 is 0 Å². The smallest absolute Gasteiger partial charge is 0.325 e. The van der Waals surface area contributed by atoms with Gasteiger partial charge in [-0.15, -0.1) is 0 Å². The van der Waals surface area contributed by atoms with Gasteiger partial charge in [-0.25, -0.2) is 4.98 Å². The molecule has 1 heterocycles. The first-order chi connectivity index (χ1) is 5.72. The zero-order valence-corrected chi connectivity index (χ0v) is 7.21. The lowest BCUT2D eigenvalue weighted by atomic mass is 10.5. The molecular weight excluding hydrogens is 180 g/mol. The van der Waals surface area contributed by atoms with E-state index in [2.05, 4.69) is 9.97 Å². The van der Waals surface area contributed by atoms with Crippen LogP contribution in [0.25, 0.3) is 0 Å². The molecule has 1 aromatic heterocycles. The fourth-order valence-electron chi connectivity index (χ4n) is 0.543. The summed E-state index contributed by atoms with van der Waals surface area (Å²) in [4.78, 5) is 18.1. The van der Waals surface area contributed by atoms with Crippen LogP contribution in [0.15, 0.2) is 12.3 Å². The number of hydrogen-bond acceptors (Lipinski definition) is 4. The molecule has 12 heavy (non-hydrogen) atoms. The van der Waals surface area contributed by atoms with Gasteiger partial charge in [-0.05, 0) is 6.07 Å². The molecule has 4 nitrogen and oxygen atoms in total. The molecule has 0 amide bonds. The van der Waals surface area contributed by atoms with Crippen molar-refractivity contribution in [1.82, 2.24) is 9.97 Å². The molecule has 1 rings (SSSR count). The van der Waals surface area contributed by atoms with Crippen molar-refractivity contribution in [2.75, 3.05) is 0 Å². The Labute approximate surface area is 74.5 Å². The number of ether oxygens (including phenoxy) is 1. The zero-order chi connectivity index (χ0) is 8.97. The molecule has 0 N–H and O–H groups in total. The maximum absolute atomic E-state index is 10.7. The van der Waals surface area contributed by atoms with Gasteiger partial charge in [0, 0.05) is 12.6 Å². The Bertz CT molecular complexity index is 290. The lowest BCUT2D eigenvalue weighted by molar-refractivity contribution is -0.134. The Morgan fingerprint density at radius 2 is 2.50 bits per heavy atom. The minimum absolute atomic E-state index is 0.00523. The van der Waals surface area contributed by atoms with Crippen LogP contribution in [-0.4, -0.2) is 15.9 Å². The average Bonchev–Trinajstić information content (AvgIpc) is 2.04. The minimum Gasteiger partial charge on any atom is -0.391 e. The van der Waals surface area contributed by atoms with E-state index in [4.69, 9.17) is 16.3 Å². The van der Waals surface area contributed by atoms with Crippen LogP contribution in [0.2, 0.25) is 5.15 Å². The molecule has 0 aromatic carbocycles.